The van der Waals surface area contributed by atoms with Crippen molar-refractivity contribution in [3.8, 4) is 0 Å². The molecule has 2 rings (SSSR count). The molecule has 2 aromatic rings. The van der Waals surface area contributed by atoms with Gasteiger partial charge >= 0.3 is 5.97 Å². The monoisotopic (exact) mass is 398 g/mol. The SMILES string of the molecule is CCOC(=O)c1ccc(NC(=O)c2ccnc(C(=O)NCCCN(C)C)c2)cc1. The number of anilines is 1. The van der Waals surface area contributed by atoms with Crippen molar-refractivity contribution in [1.82, 2.24) is 15.2 Å². The lowest BCUT2D eigenvalue weighted by Crippen LogP contribution is -2.28. The molecule has 0 aliphatic carbocycles. The lowest BCUT2D eigenvalue weighted by molar-refractivity contribution is 0.0526. The van der Waals surface area contributed by atoms with Gasteiger partial charge in [0.05, 0.1) is 12.2 Å². The molecule has 2 N–H and O–H groups in total. The van der Waals surface area contributed by atoms with Crippen LogP contribution in [0.2, 0.25) is 0 Å². The molecular weight excluding hydrogens is 372 g/mol. The van der Waals surface area contributed by atoms with Crippen LogP contribution >= 0.6 is 0 Å². The lowest BCUT2D eigenvalue weighted by Gasteiger charge is -2.10. The highest BCUT2D eigenvalue weighted by atomic mass is 16.5. The van der Waals surface area contributed by atoms with Crippen molar-refractivity contribution in [2.75, 3.05) is 39.1 Å². The average Bonchev–Trinajstić information content (AvgIpc) is 2.71. The summed E-state index contributed by atoms with van der Waals surface area (Å²) in [5, 5.41) is 5.52. The highest BCUT2D eigenvalue weighted by Crippen LogP contribution is 2.13. The van der Waals surface area contributed by atoms with Crippen molar-refractivity contribution in [2.45, 2.75) is 13.3 Å². The van der Waals surface area contributed by atoms with E-state index in [1.807, 2.05) is 19.0 Å². The van der Waals surface area contributed by atoms with E-state index in [0.717, 1.165) is 13.0 Å². The fraction of sp³-hybridized carbons (Fsp3) is 0.333. The molecule has 0 saturated heterocycles. The van der Waals surface area contributed by atoms with Gasteiger partial charge in [0.1, 0.15) is 5.69 Å². The van der Waals surface area contributed by atoms with Crippen LogP contribution in [0.25, 0.3) is 0 Å². The minimum atomic E-state index is -0.416. The summed E-state index contributed by atoms with van der Waals surface area (Å²) in [6.07, 6.45) is 2.24. The highest BCUT2D eigenvalue weighted by molar-refractivity contribution is 6.05. The van der Waals surface area contributed by atoms with E-state index in [1.165, 1.54) is 18.3 Å². The zero-order chi connectivity index (χ0) is 21.2. The molecule has 0 aliphatic heterocycles. The molecule has 8 nitrogen and oxygen atoms in total. The molecule has 0 unspecified atom stereocenters. The summed E-state index contributed by atoms with van der Waals surface area (Å²) in [7, 11) is 3.94. The van der Waals surface area contributed by atoms with E-state index in [4.69, 9.17) is 4.74 Å². The maximum Gasteiger partial charge on any atom is 0.338 e. The van der Waals surface area contributed by atoms with Gasteiger partial charge in [0, 0.05) is 24.0 Å². The maximum atomic E-state index is 12.5. The van der Waals surface area contributed by atoms with Crippen LogP contribution in [0.5, 0.6) is 0 Å². The predicted octanol–water partition coefficient (Wildman–Crippen LogP) is 2.19. The normalized spacial score (nSPS) is 10.5. The molecule has 154 valence electrons. The van der Waals surface area contributed by atoms with Gasteiger partial charge in [-0.1, -0.05) is 0 Å². The van der Waals surface area contributed by atoms with E-state index in [0.29, 0.717) is 30.0 Å². The number of nitrogens with one attached hydrogen (secondary N) is 2. The molecule has 1 heterocycles. The van der Waals surface area contributed by atoms with Crippen LogP contribution in [0.1, 0.15) is 44.5 Å². The summed E-state index contributed by atoms with van der Waals surface area (Å²) in [6.45, 7) is 3.43. The van der Waals surface area contributed by atoms with Crippen molar-refractivity contribution in [1.29, 1.82) is 0 Å². The van der Waals surface area contributed by atoms with Crippen LogP contribution in [0.15, 0.2) is 42.6 Å². The van der Waals surface area contributed by atoms with Gasteiger partial charge in [0.25, 0.3) is 11.8 Å². The standard InChI is InChI=1S/C21H26N4O4/c1-4-29-21(28)15-6-8-17(9-7-15)24-19(26)16-10-12-22-18(14-16)20(27)23-11-5-13-25(2)3/h6-10,12,14H,4-5,11,13H2,1-3H3,(H,23,27)(H,24,26). The predicted molar refractivity (Wildman–Crippen MR) is 110 cm³/mol. The van der Waals surface area contributed by atoms with E-state index in [9.17, 15) is 14.4 Å². The number of benzene rings is 1. The van der Waals surface area contributed by atoms with Crippen LogP contribution in [-0.4, -0.2) is 61.5 Å². The zero-order valence-corrected chi connectivity index (χ0v) is 16.9. The highest BCUT2D eigenvalue weighted by Gasteiger charge is 2.12. The fourth-order valence-corrected chi connectivity index (χ4v) is 2.49. The molecular formula is C21H26N4O4. The molecule has 0 radical (unpaired) electrons. The van der Waals surface area contributed by atoms with Gasteiger partial charge in [-0.15, -0.1) is 0 Å². The number of esters is 1. The Morgan fingerprint density at radius 2 is 1.76 bits per heavy atom. The minimum Gasteiger partial charge on any atom is -0.462 e. The van der Waals surface area contributed by atoms with E-state index in [2.05, 4.69) is 15.6 Å². The molecule has 8 heteroatoms. The third kappa shape index (κ3) is 7.00. The molecule has 0 fully saturated rings. The molecule has 0 atom stereocenters. The van der Waals surface area contributed by atoms with E-state index >= 15 is 0 Å². The Labute approximate surface area is 170 Å². The van der Waals surface area contributed by atoms with Crippen molar-refractivity contribution >= 4 is 23.5 Å². The smallest absolute Gasteiger partial charge is 0.338 e. The molecule has 29 heavy (non-hydrogen) atoms. The van der Waals surface area contributed by atoms with Crippen LogP contribution in [0.3, 0.4) is 0 Å². The number of hydrogen-bond acceptors (Lipinski definition) is 6. The number of ether oxygens (including phenoxy) is 1. The van der Waals surface area contributed by atoms with Crippen molar-refractivity contribution in [3.63, 3.8) is 0 Å². The molecule has 0 bridgehead atoms. The molecule has 0 aliphatic rings. The number of amides is 2. The Morgan fingerprint density at radius 1 is 1.03 bits per heavy atom. The van der Waals surface area contributed by atoms with Gasteiger partial charge in [-0.3, -0.25) is 14.6 Å². The number of aromatic nitrogens is 1. The number of nitrogens with zero attached hydrogens (tertiary/aromatic N) is 2. The number of pyridine rings is 1. The number of carbonyl (C=O) groups excluding carboxylic acids is 3. The molecule has 2 amide bonds. The Bertz CT molecular complexity index is 850. The molecule has 0 spiro atoms. The van der Waals surface area contributed by atoms with Gasteiger partial charge in [-0.25, -0.2) is 4.79 Å². The lowest BCUT2D eigenvalue weighted by atomic mass is 10.1. The number of rotatable bonds is 9. The largest absolute Gasteiger partial charge is 0.462 e. The van der Waals surface area contributed by atoms with Crippen molar-refractivity contribution < 1.29 is 19.1 Å². The average molecular weight is 398 g/mol. The van der Waals surface area contributed by atoms with Crippen LogP contribution < -0.4 is 10.6 Å². The topological polar surface area (TPSA) is 101 Å². The molecule has 1 aromatic carbocycles. The Balaban J connectivity index is 1.96. The van der Waals surface area contributed by atoms with E-state index in [1.54, 1.807) is 31.2 Å². The second kappa shape index (κ2) is 10.9. The Kier molecular flexibility index (Phi) is 8.29. The Morgan fingerprint density at radius 3 is 2.41 bits per heavy atom. The van der Waals surface area contributed by atoms with Gasteiger partial charge < -0.3 is 20.3 Å². The van der Waals surface area contributed by atoms with Crippen LogP contribution in [0.4, 0.5) is 5.69 Å². The first kappa shape index (κ1) is 22.0. The van der Waals surface area contributed by atoms with Crippen LogP contribution in [-0.2, 0) is 4.74 Å². The third-order valence-electron chi connectivity index (χ3n) is 3.98. The van der Waals surface area contributed by atoms with Crippen LogP contribution in [0, 0.1) is 0 Å². The summed E-state index contributed by atoms with van der Waals surface area (Å²) in [4.78, 5) is 42.4. The van der Waals surface area contributed by atoms with Gasteiger partial charge in [0.2, 0.25) is 0 Å². The third-order valence-corrected chi connectivity index (χ3v) is 3.98. The molecule has 1 aromatic heterocycles. The minimum absolute atomic E-state index is 0.181. The van der Waals surface area contributed by atoms with Crippen molar-refractivity contribution in [3.05, 3.63) is 59.4 Å². The second-order valence-electron chi connectivity index (χ2n) is 6.59. The second-order valence-corrected chi connectivity index (χ2v) is 6.59. The van der Waals surface area contributed by atoms with Gasteiger partial charge in [0.15, 0.2) is 0 Å². The van der Waals surface area contributed by atoms with Gasteiger partial charge in [-0.05, 0) is 70.4 Å². The van der Waals surface area contributed by atoms with Gasteiger partial charge in [-0.2, -0.15) is 0 Å². The van der Waals surface area contributed by atoms with E-state index < -0.39 is 5.97 Å². The summed E-state index contributed by atoms with van der Waals surface area (Å²) in [6, 6.07) is 9.36. The summed E-state index contributed by atoms with van der Waals surface area (Å²) < 4.78 is 4.93. The fourth-order valence-electron chi connectivity index (χ4n) is 2.49. The first-order chi connectivity index (χ1) is 13.9. The first-order valence-electron chi connectivity index (χ1n) is 9.38. The van der Waals surface area contributed by atoms with Crippen molar-refractivity contribution in [2.24, 2.45) is 0 Å². The maximum absolute atomic E-state index is 12.5. The summed E-state index contributed by atoms with van der Waals surface area (Å²) in [5.74, 6) is -1.11. The number of carbonyl (C=O) groups is 3. The molecule has 0 saturated carbocycles. The zero-order valence-electron chi connectivity index (χ0n) is 16.9. The summed E-state index contributed by atoms with van der Waals surface area (Å²) in [5.41, 5.74) is 1.42. The summed E-state index contributed by atoms with van der Waals surface area (Å²) >= 11 is 0. The quantitative estimate of drug-likeness (QED) is 0.496. The number of hydrogen-bond donors (Lipinski definition) is 2. The first-order valence-corrected chi connectivity index (χ1v) is 9.38. The van der Waals surface area contributed by atoms with E-state index in [-0.39, 0.29) is 17.5 Å². The Hall–Kier alpha value is -3.26.